The highest BCUT2D eigenvalue weighted by molar-refractivity contribution is 7.91. The summed E-state index contributed by atoms with van der Waals surface area (Å²) < 4.78 is 33.1. The lowest BCUT2D eigenvalue weighted by atomic mass is 10.2. The number of hydrogen-bond donors (Lipinski definition) is 1. The molecule has 0 amide bonds. The van der Waals surface area contributed by atoms with Gasteiger partial charge in [-0.05, 0) is 24.6 Å². The first-order valence-electron chi connectivity index (χ1n) is 6.20. The van der Waals surface area contributed by atoms with Gasteiger partial charge in [-0.1, -0.05) is 6.92 Å². The van der Waals surface area contributed by atoms with Crippen molar-refractivity contribution < 1.29 is 22.7 Å². The Morgan fingerprint density at radius 3 is 2.60 bits per heavy atom. The fraction of sp³-hybridized carbons (Fsp3) is 0.462. The minimum Gasteiger partial charge on any atom is -0.492 e. The molecule has 112 valence electrons. The molecule has 6 nitrogen and oxygen atoms in total. The molecule has 20 heavy (non-hydrogen) atoms. The van der Waals surface area contributed by atoms with Crippen LogP contribution in [0.25, 0.3) is 0 Å². The molecule has 0 aliphatic heterocycles. The normalized spacial score (nSPS) is 11.1. The number of anilines is 1. The maximum atomic E-state index is 11.6. The van der Waals surface area contributed by atoms with Gasteiger partial charge >= 0.3 is 5.97 Å². The minimum atomic E-state index is -3.11. The van der Waals surface area contributed by atoms with Gasteiger partial charge in [-0.3, -0.25) is 0 Å². The molecule has 0 heterocycles. The second-order valence-corrected chi connectivity index (χ2v) is 6.55. The van der Waals surface area contributed by atoms with Gasteiger partial charge in [0.2, 0.25) is 0 Å². The summed E-state index contributed by atoms with van der Waals surface area (Å²) in [6.07, 6.45) is 0.567. The molecular weight excluding hydrogens is 282 g/mol. The van der Waals surface area contributed by atoms with Crippen LogP contribution in [0.5, 0.6) is 5.75 Å². The van der Waals surface area contributed by atoms with Crippen molar-refractivity contribution in [3.05, 3.63) is 23.8 Å². The summed E-state index contributed by atoms with van der Waals surface area (Å²) in [5, 5.41) is 0. The molecule has 0 spiro atoms. The van der Waals surface area contributed by atoms with Gasteiger partial charge in [-0.15, -0.1) is 0 Å². The number of carbonyl (C=O) groups excluding carboxylic acids is 1. The fourth-order valence-electron chi connectivity index (χ4n) is 1.63. The van der Waals surface area contributed by atoms with Gasteiger partial charge in [0, 0.05) is 5.69 Å². The Balaban J connectivity index is 2.76. The summed E-state index contributed by atoms with van der Waals surface area (Å²) in [6, 6.07) is 4.53. The number of esters is 1. The summed E-state index contributed by atoms with van der Waals surface area (Å²) in [6.45, 7) is 1.78. The third kappa shape index (κ3) is 4.73. The molecule has 1 aromatic rings. The molecule has 0 atom stereocenters. The number of sulfone groups is 1. The van der Waals surface area contributed by atoms with Gasteiger partial charge in [0.25, 0.3) is 0 Å². The number of hydrogen-bond acceptors (Lipinski definition) is 6. The quantitative estimate of drug-likeness (QED) is 0.601. The van der Waals surface area contributed by atoms with E-state index in [2.05, 4.69) is 4.74 Å². The fourth-order valence-corrected chi connectivity index (χ4v) is 2.80. The van der Waals surface area contributed by atoms with Crippen molar-refractivity contribution >= 4 is 21.5 Å². The van der Waals surface area contributed by atoms with E-state index in [4.69, 9.17) is 10.5 Å². The molecule has 0 fully saturated rings. The van der Waals surface area contributed by atoms with Crippen molar-refractivity contribution in [3.63, 3.8) is 0 Å². The predicted molar refractivity (Wildman–Crippen MR) is 76.6 cm³/mol. The Morgan fingerprint density at radius 2 is 2.00 bits per heavy atom. The molecule has 1 rings (SSSR count). The molecular formula is C13H19NO5S. The Labute approximate surface area is 118 Å². The minimum absolute atomic E-state index is 0.0176. The van der Waals surface area contributed by atoms with Crippen LogP contribution in [0.3, 0.4) is 0 Å². The lowest BCUT2D eigenvalue weighted by molar-refractivity contribution is 0.0596. The molecule has 2 N–H and O–H groups in total. The third-order valence-electron chi connectivity index (χ3n) is 2.58. The smallest absolute Gasteiger partial charge is 0.341 e. The van der Waals surface area contributed by atoms with Gasteiger partial charge in [-0.25, -0.2) is 13.2 Å². The van der Waals surface area contributed by atoms with Crippen LogP contribution in [-0.4, -0.2) is 39.6 Å². The summed E-state index contributed by atoms with van der Waals surface area (Å²) >= 11 is 0. The second kappa shape index (κ2) is 7.14. The highest BCUT2D eigenvalue weighted by atomic mass is 32.2. The summed E-state index contributed by atoms with van der Waals surface area (Å²) in [5.41, 5.74) is 6.18. The average Bonchev–Trinajstić information content (AvgIpc) is 2.39. The van der Waals surface area contributed by atoms with Gasteiger partial charge in [0.05, 0.1) is 18.6 Å². The molecule has 1 aromatic carbocycles. The Bertz CT molecular complexity index is 568. The van der Waals surface area contributed by atoms with Gasteiger partial charge in [-0.2, -0.15) is 0 Å². The first kappa shape index (κ1) is 16.3. The van der Waals surface area contributed by atoms with E-state index in [1.165, 1.54) is 19.2 Å². The number of ether oxygens (including phenoxy) is 2. The third-order valence-corrected chi connectivity index (χ3v) is 4.39. The van der Waals surface area contributed by atoms with Crippen LogP contribution in [0, 0.1) is 0 Å². The number of methoxy groups -OCH3 is 1. The van der Waals surface area contributed by atoms with Crippen molar-refractivity contribution in [2.45, 2.75) is 13.3 Å². The van der Waals surface area contributed by atoms with E-state index in [1.807, 2.05) is 0 Å². The van der Waals surface area contributed by atoms with E-state index in [1.54, 1.807) is 13.0 Å². The molecule has 0 aliphatic carbocycles. The predicted octanol–water partition coefficient (Wildman–Crippen LogP) is 1.26. The maximum absolute atomic E-state index is 11.6. The van der Waals surface area contributed by atoms with Gasteiger partial charge < -0.3 is 15.2 Å². The molecule has 0 aromatic heterocycles. The van der Waals surface area contributed by atoms with Gasteiger partial charge in [0.15, 0.2) is 9.84 Å². The van der Waals surface area contributed by atoms with Crippen LogP contribution < -0.4 is 10.5 Å². The Kier molecular flexibility index (Phi) is 5.82. The standard InChI is InChI=1S/C13H19NO5S/c1-3-7-20(16,17)8-6-19-12-5-4-10(14)9-11(12)13(15)18-2/h4-5,9H,3,6-8,14H2,1-2H3. The number of benzene rings is 1. The van der Waals surface area contributed by atoms with Crippen LogP contribution in [0.4, 0.5) is 5.69 Å². The lowest BCUT2D eigenvalue weighted by Gasteiger charge is -2.11. The highest BCUT2D eigenvalue weighted by Gasteiger charge is 2.15. The Hall–Kier alpha value is -1.76. The van der Waals surface area contributed by atoms with Crippen molar-refractivity contribution in [1.29, 1.82) is 0 Å². The topological polar surface area (TPSA) is 95.7 Å². The lowest BCUT2D eigenvalue weighted by Crippen LogP contribution is -2.17. The molecule has 0 saturated carbocycles. The number of carbonyl (C=O) groups is 1. The van der Waals surface area contributed by atoms with Crippen molar-refractivity contribution in [3.8, 4) is 5.75 Å². The van der Waals surface area contributed by atoms with Crippen LogP contribution in [0.2, 0.25) is 0 Å². The van der Waals surface area contributed by atoms with E-state index in [-0.39, 0.29) is 29.4 Å². The van der Waals surface area contributed by atoms with Crippen LogP contribution in [0.15, 0.2) is 18.2 Å². The SMILES string of the molecule is CCCS(=O)(=O)CCOc1ccc(N)cc1C(=O)OC. The second-order valence-electron chi connectivity index (χ2n) is 4.25. The maximum Gasteiger partial charge on any atom is 0.341 e. The van der Waals surface area contributed by atoms with Gasteiger partial charge in [0.1, 0.15) is 17.9 Å². The summed E-state index contributed by atoms with van der Waals surface area (Å²) in [5.74, 6) is -0.283. The zero-order valence-electron chi connectivity index (χ0n) is 11.6. The van der Waals surface area contributed by atoms with Crippen molar-refractivity contribution in [2.24, 2.45) is 0 Å². The first-order valence-corrected chi connectivity index (χ1v) is 8.03. The number of nitrogen functional groups attached to an aromatic ring is 1. The largest absolute Gasteiger partial charge is 0.492 e. The van der Waals surface area contributed by atoms with E-state index in [9.17, 15) is 13.2 Å². The van der Waals surface area contributed by atoms with E-state index >= 15 is 0 Å². The molecule has 0 aliphatic rings. The van der Waals surface area contributed by atoms with E-state index in [0.717, 1.165) is 0 Å². The van der Waals surface area contributed by atoms with E-state index in [0.29, 0.717) is 12.1 Å². The Morgan fingerprint density at radius 1 is 1.30 bits per heavy atom. The average molecular weight is 301 g/mol. The molecule has 0 radical (unpaired) electrons. The summed E-state index contributed by atoms with van der Waals surface area (Å²) in [7, 11) is -1.86. The monoisotopic (exact) mass is 301 g/mol. The van der Waals surface area contributed by atoms with Crippen LogP contribution in [-0.2, 0) is 14.6 Å². The number of nitrogens with two attached hydrogens (primary N) is 1. The molecule has 0 unspecified atom stereocenters. The molecule has 0 saturated heterocycles. The van der Waals surface area contributed by atoms with Crippen molar-refractivity contribution in [2.75, 3.05) is 31.0 Å². The molecule has 7 heteroatoms. The highest BCUT2D eigenvalue weighted by Crippen LogP contribution is 2.22. The van der Waals surface area contributed by atoms with E-state index < -0.39 is 15.8 Å². The first-order chi connectivity index (χ1) is 9.39. The van der Waals surface area contributed by atoms with Crippen molar-refractivity contribution in [1.82, 2.24) is 0 Å². The van der Waals surface area contributed by atoms with Crippen LogP contribution in [0.1, 0.15) is 23.7 Å². The molecule has 0 bridgehead atoms. The zero-order chi connectivity index (χ0) is 15.2. The van der Waals surface area contributed by atoms with Crippen LogP contribution >= 0.6 is 0 Å². The zero-order valence-corrected chi connectivity index (χ0v) is 12.4. The summed E-state index contributed by atoms with van der Waals surface area (Å²) in [4.78, 5) is 11.6. The number of rotatable bonds is 7.